The predicted molar refractivity (Wildman–Crippen MR) is 93.0 cm³/mol. The number of unbranched alkanes of at least 4 members (excludes halogenated alkanes) is 6. The molecule has 23 heavy (non-hydrogen) atoms. The van der Waals surface area contributed by atoms with Gasteiger partial charge in [-0.2, -0.15) is 5.10 Å². The van der Waals surface area contributed by atoms with Gasteiger partial charge in [-0.15, -0.1) is 0 Å². The number of carbonyl (C=O) groups is 1. The molecule has 0 atom stereocenters. The fourth-order valence-corrected chi connectivity index (χ4v) is 2.25. The van der Waals surface area contributed by atoms with Crippen LogP contribution in [-0.4, -0.2) is 24.3 Å². The molecule has 0 bridgehead atoms. The first-order valence-corrected chi connectivity index (χ1v) is 8.36. The van der Waals surface area contributed by atoms with E-state index in [1.54, 1.807) is 12.1 Å². The third kappa shape index (κ3) is 8.24. The van der Waals surface area contributed by atoms with Gasteiger partial charge in [-0.25, -0.2) is 5.43 Å². The van der Waals surface area contributed by atoms with E-state index in [-0.39, 0.29) is 11.7 Å². The summed E-state index contributed by atoms with van der Waals surface area (Å²) in [6, 6.07) is 4.88. The van der Waals surface area contributed by atoms with Gasteiger partial charge < -0.3 is 9.84 Å². The molecule has 5 nitrogen and oxygen atoms in total. The highest BCUT2D eigenvalue weighted by molar-refractivity contribution is 5.83. The van der Waals surface area contributed by atoms with Crippen LogP contribution in [0.5, 0.6) is 11.5 Å². The topological polar surface area (TPSA) is 70.9 Å². The molecular formula is C18H28N2O3. The van der Waals surface area contributed by atoms with Gasteiger partial charge in [0.05, 0.1) is 13.3 Å². The Balaban J connectivity index is 2.20. The van der Waals surface area contributed by atoms with Gasteiger partial charge in [-0.1, -0.05) is 45.4 Å². The van der Waals surface area contributed by atoms with Gasteiger partial charge in [0.15, 0.2) is 11.5 Å². The molecule has 0 aliphatic heterocycles. The van der Waals surface area contributed by atoms with Crippen molar-refractivity contribution in [3.8, 4) is 11.5 Å². The molecule has 0 unspecified atom stereocenters. The number of nitrogens with zero attached hydrogens (tertiary/aromatic N) is 1. The number of benzene rings is 1. The number of hydrogen-bond acceptors (Lipinski definition) is 4. The lowest BCUT2D eigenvalue weighted by molar-refractivity contribution is -0.121. The van der Waals surface area contributed by atoms with Crippen molar-refractivity contribution < 1.29 is 14.6 Å². The van der Waals surface area contributed by atoms with Crippen LogP contribution in [0.4, 0.5) is 0 Å². The van der Waals surface area contributed by atoms with Crippen LogP contribution >= 0.6 is 0 Å². The smallest absolute Gasteiger partial charge is 0.240 e. The summed E-state index contributed by atoms with van der Waals surface area (Å²) >= 11 is 0. The predicted octanol–water partition coefficient (Wildman–Crippen LogP) is 3.99. The molecule has 0 saturated heterocycles. The number of amides is 1. The molecular weight excluding hydrogens is 292 g/mol. The molecule has 5 heteroatoms. The Kier molecular flexibility index (Phi) is 9.52. The van der Waals surface area contributed by atoms with E-state index in [4.69, 9.17) is 4.74 Å². The van der Waals surface area contributed by atoms with Crippen LogP contribution in [-0.2, 0) is 4.79 Å². The number of phenols is 1. The molecule has 1 rings (SSSR count). The van der Waals surface area contributed by atoms with Gasteiger partial charge in [0, 0.05) is 6.42 Å². The van der Waals surface area contributed by atoms with E-state index < -0.39 is 0 Å². The Labute approximate surface area is 138 Å². The van der Waals surface area contributed by atoms with Crippen LogP contribution in [0.15, 0.2) is 23.3 Å². The Morgan fingerprint density at radius 3 is 2.61 bits per heavy atom. The number of hydrogen-bond donors (Lipinski definition) is 2. The summed E-state index contributed by atoms with van der Waals surface area (Å²) in [6.45, 7) is 2.21. The monoisotopic (exact) mass is 320 g/mol. The maximum absolute atomic E-state index is 11.7. The summed E-state index contributed by atoms with van der Waals surface area (Å²) in [5.41, 5.74) is 3.27. The summed E-state index contributed by atoms with van der Waals surface area (Å²) < 4.78 is 5.01. The fourth-order valence-electron chi connectivity index (χ4n) is 2.25. The van der Waals surface area contributed by atoms with Crippen molar-refractivity contribution in [2.75, 3.05) is 7.11 Å². The summed E-state index contributed by atoms with van der Waals surface area (Å²) in [6.07, 6.45) is 10.3. The van der Waals surface area contributed by atoms with Gasteiger partial charge in [0.1, 0.15) is 0 Å². The average Bonchev–Trinajstić information content (AvgIpc) is 2.55. The number of hydrazone groups is 1. The van der Waals surface area contributed by atoms with Crippen LogP contribution in [0.3, 0.4) is 0 Å². The molecule has 0 aliphatic carbocycles. The van der Waals surface area contributed by atoms with Crippen molar-refractivity contribution in [1.29, 1.82) is 0 Å². The number of nitrogens with one attached hydrogen (secondary N) is 1. The van der Waals surface area contributed by atoms with Crippen LogP contribution < -0.4 is 10.2 Å². The number of phenolic OH excluding ortho intramolecular Hbond substituents is 1. The molecule has 0 fully saturated rings. The van der Waals surface area contributed by atoms with E-state index in [0.29, 0.717) is 12.2 Å². The molecule has 128 valence electrons. The van der Waals surface area contributed by atoms with E-state index in [1.165, 1.54) is 51.5 Å². The molecule has 0 radical (unpaired) electrons. The molecule has 0 aliphatic rings. The van der Waals surface area contributed by atoms with E-state index in [2.05, 4.69) is 17.5 Å². The van der Waals surface area contributed by atoms with Gasteiger partial charge >= 0.3 is 0 Å². The molecule has 1 amide bonds. The maximum atomic E-state index is 11.7. The highest BCUT2D eigenvalue weighted by atomic mass is 16.5. The fraction of sp³-hybridized carbons (Fsp3) is 0.556. The second-order valence-corrected chi connectivity index (χ2v) is 5.60. The number of rotatable bonds is 11. The van der Waals surface area contributed by atoms with E-state index in [1.807, 2.05) is 0 Å². The van der Waals surface area contributed by atoms with Crippen LogP contribution in [0, 0.1) is 0 Å². The first-order valence-electron chi connectivity index (χ1n) is 8.36. The van der Waals surface area contributed by atoms with Crippen molar-refractivity contribution in [2.24, 2.45) is 5.10 Å². The van der Waals surface area contributed by atoms with Crippen molar-refractivity contribution >= 4 is 12.1 Å². The number of carbonyl (C=O) groups excluding carboxylic acids is 1. The average molecular weight is 320 g/mol. The first-order chi connectivity index (χ1) is 11.2. The minimum Gasteiger partial charge on any atom is -0.504 e. The van der Waals surface area contributed by atoms with Crippen LogP contribution in [0.2, 0.25) is 0 Å². The summed E-state index contributed by atoms with van der Waals surface area (Å²) in [5, 5.41) is 13.4. The number of ether oxygens (including phenoxy) is 1. The van der Waals surface area contributed by atoms with Crippen molar-refractivity contribution in [3.05, 3.63) is 23.8 Å². The Bertz CT molecular complexity index is 501. The lowest BCUT2D eigenvalue weighted by Crippen LogP contribution is -2.16. The second-order valence-electron chi connectivity index (χ2n) is 5.60. The van der Waals surface area contributed by atoms with E-state index in [0.717, 1.165) is 18.4 Å². The Morgan fingerprint density at radius 1 is 1.22 bits per heavy atom. The Morgan fingerprint density at radius 2 is 1.91 bits per heavy atom. The standard InChI is InChI=1S/C18H28N2O3/c1-3-4-5-6-7-8-9-10-18(22)20-19-14-15-11-12-16(21)17(13-15)23-2/h11-14,21H,3-10H2,1-2H3,(H,20,22)/b19-14+. The molecule has 2 N–H and O–H groups in total. The zero-order valence-corrected chi connectivity index (χ0v) is 14.2. The van der Waals surface area contributed by atoms with Crippen LogP contribution in [0.25, 0.3) is 0 Å². The third-order valence-electron chi connectivity index (χ3n) is 3.61. The number of methoxy groups -OCH3 is 1. The molecule has 1 aromatic rings. The summed E-state index contributed by atoms with van der Waals surface area (Å²) in [7, 11) is 1.49. The lowest BCUT2D eigenvalue weighted by atomic mass is 10.1. The summed E-state index contributed by atoms with van der Waals surface area (Å²) in [5.74, 6) is 0.386. The molecule has 0 heterocycles. The van der Waals surface area contributed by atoms with E-state index in [9.17, 15) is 9.90 Å². The van der Waals surface area contributed by atoms with Gasteiger partial charge in [-0.3, -0.25) is 4.79 Å². The summed E-state index contributed by atoms with van der Waals surface area (Å²) in [4.78, 5) is 11.7. The van der Waals surface area contributed by atoms with E-state index >= 15 is 0 Å². The van der Waals surface area contributed by atoms with Gasteiger partial charge in [-0.05, 0) is 30.2 Å². The molecule has 0 saturated carbocycles. The van der Waals surface area contributed by atoms with Crippen molar-refractivity contribution in [2.45, 2.75) is 58.3 Å². The first kappa shape index (κ1) is 19.0. The van der Waals surface area contributed by atoms with Crippen molar-refractivity contribution in [1.82, 2.24) is 5.43 Å². The van der Waals surface area contributed by atoms with Crippen molar-refractivity contribution in [3.63, 3.8) is 0 Å². The highest BCUT2D eigenvalue weighted by Crippen LogP contribution is 2.25. The molecule has 0 aromatic heterocycles. The van der Waals surface area contributed by atoms with Crippen LogP contribution in [0.1, 0.15) is 63.9 Å². The zero-order valence-electron chi connectivity index (χ0n) is 14.2. The van der Waals surface area contributed by atoms with Gasteiger partial charge in [0.2, 0.25) is 5.91 Å². The zero-order chi connectivity index (χ0) is 16.9. The lowest BCUT2D eigenvalue weighted by Gasteiger charge is -2.03. The normalized spacial score (nSPS) is 10.9. The molecule has 0 spiro atoms. The third-order valence-corrected chi connectivity index (χ3v) is 3.61. The van der Waals surface area contributed by atoms with Gasteiger partial charge in [0.25, 0.3) is 0 Å². The second kappa shape index (κ2) is 11.5. The number of aromatic hydroxyl groups is 1. The minimum absolute atomic E-state index is 0.0689. The maximum Gasteiger partial charge on any atom is 0.240 e. The quantitative estimate of drug-likeness (QED) is 0.368. The largest absolute Gasteiger partial charge is 0.504 e. The Hall–Kier alpha value is -2.04. The molecule has 1 aromatic carbocycles. The highest BCUT2D eigenvalue weighted by Gasteiger charge is 2.02. The SMILES string of the molecule is CCCCCCCCCC(=O)N/N=C/c1ccc(O)c(OC)c1. The minimum atomic E-state index is -0.0689.